The molecule has 0 spiro atoms. The standard InChI is InChI=1S/C12H18N4O4.ClH/c1-20-7-6-14-4-5-15-12(17)9-2-3-10(13)11(8-9)16(18)19;/h2-3,8,14H,4-7,13H2,1H3,(H,15,17);1H. The molecule has 1 aromatic rings. The van der Waals surface area contributed by atoms with Crippen LogP contribution in [0, 0.1) is 10.1 Å². The van der Waals surface area contributed by atoms with Gasteiger partial charge in [-0.15, -0.1) is 12.4 Å². The van der Waals surface area contributed by atoms with E-state index in [-0.39, 0.29) is 35.3 Å². The zero-order valence-corrected chi connectivity index (χ0v) is 12.4. The molecule has 0 heterocycles. The smallest absolute Gasteiger partial charge is 0.292 e. The topological polar surface area (TPSA) is 120 Å². The number of nitro groups is 1. The number of ether oxygens (including phenoxy) is 1. The van der Waals surface area contributed by atoms with E-state index in [1.165, 1.54) is 18.2 Å². The molecular formula is C12H19ClN4O4. The number of halogens is 1. The summed E-state index contributed by atoms with van der Waals surface area (Å²) in [4.78, 5) is 21.9. The number of benzene rings is 1. The highest BCUT2D eigenvalue weighted by Crippen LogP contribution is 2.22. The van der Waals surface area contributed by atoms with Crippen molar-refractivity contribution in [1.82, 2.24) is 10.6 Å². The fraction of sp³-hybridized carbons (Fsp3) is 0.417. The molecule has 0 aromatic heterocycles. The number of nitrogens with two attached hydrogens (primary N) is 1. The van der Waals surface area contributed by atoms with Crippen molar-refractivity contribution in [3.8, 4) is 0 Å². The van der Waals surface area contributed by atoms with Gasteiger partial charge >= 0.3 is 0 Å². The van der Waals surface area contributed by atoms with Crippen molar-refractivity contribution in [3.05, 3.63) is 33.9 Å². The van der Waals surface area contributed by atoms with Crippen molar-refractivity contribution in [2.75, 3.05) is 39.1 Å². The summed E-state index contributed by atoms with van der Waals surface area (Å²) in [6, 6.07) is 3.98. The molecule has 1 amide bonds. The monoisotopic (exact) mass is 318 g/mol. The van der Waals surface area contributed by atoms with Gasteiger partial charge < -0.3 is 21.1 Å². The Kier molecular flexibility index (Phi) is 9.02. The molecule has 0 saturated carbocycles. The van der Waals surface area contributed by atoms with Gasteiger partial charge in [-0.05, 0) is 12.1 Å². The Morgan fingerprint density at radius 1 is 1.38 bits per heavy atom. The molecule has 1 aromatic carbocycles. The zero-order chi connectivity index (χ0) is 15.0. The maximum Gasteiger partial charge on any atom is 0.292 e. The molecule has 0 aliphatic carbocycles. The Morgan fingerprint density at radius 2 is 2.10 bits per heavy atom. The molecular weight excluding hydrogens is 300 g/mol. The highest BCUT2D eigenvalue weighted by Gasteiger charge is 2.15. The summed E-state index contributed by atoms with van der Waals surface area (Å²) in [5.41, 5.74) is 5.44. The number of rotatable bonds is 8. The second-order valence-electron chi connectivity index (χ2n) is 4.03. The van der Waals surface area contributed by atoms with Crippen molar-refractivity contribution in [1.29, 1.82) is 0 Å². The van der Waals surface area contributed by atoms with Crippen LogP contribution >= 0.6 is 12.4 Å². The van der Waals surface area contributed by atoms with Gasteiger partial charge in [0.15, 0.2) is 0 Å². The number of hydrogen-bond donors (Lipinski definition) is 3. The number of hydrogen-bond acceptors (Lipinski definition) is 6. The molecule has 0 aliphatic heterocycles. The summed E-state index contributed by atoms with van der Waals surface area (Å²) in [7, 11) is 1.61. The Morgan fingerprint density at radius 3 is 2.71 bits per heavy atom. The number of nitrogens with one attached hydrogen (secondary N) is 2. The van der Waals surface area contributed by atoms with E-state index in [9.17, 15) is 14.9 Å². The number of nitrogen functional groups attached to an aromatic ring is 1. The summed E-state index contributed by atoms with van der Waals surface area (Å²) in [5.74, 6) is -0.373. The zero-order valence-electron chi connectivity index (χ0n) is 11.6. The molecule has 0 fully saturated rings. The van der Waals surface area contributed by atoms with E-state index in [1.807, 2.05) is 0 Å². The fourth-order valence-electron chi connectivity index (χ4n) is 1.51. The molecule has 9 heteroatoms. The number of anilines is 1. The largest absolute Gasteiger partial charge is 0.393 e. The van der Waals surface area contributed by atoms with Crippen LogP contribution in [0.3, 0.4) is 0 Å². The van der Waals surface area contributed by atoms with Crippen LogP contribution in [0.25, 0.3) is 0 Å². The van der Waals surface area contributed by atoms with Crippen LogP contribution in [0.4, 0.5) is 11.4 Å². The molecule has 1 rings (SSSR count). The van der Waals surface area contributed by atoms with Gasteiger partial charge in [0.2, 0.25) is 0 Å². The minimum absolute atomic E-state index is 0. The number of carbonyl (C=O) groups is 1. The van der Waals surface area contributed by atoms with Crippen LogP contribution in [0.1, 0.15) is 10.4 Å². The maximum atomic E-state index is 11.8. The van der Waals surface area contributed by atoms with Gasteiger partial charge in [0, 0.05) is 38.4 Å². The SMILES string of the molecule is COCCNCCNC(=O)c1ccc(N)c([N+](=O)[O-])c1.Cl. The van der Waals surface area contributed by atoms with E-state index >= 15 is 0 Å². The van der Waals surface area contributed by atoms with Gasteiger partial charge in [-0.3, -0.25) is 14.9 Å². The first kappa shape index (κ1) is 19.1. The first-order chi connectivity index (χ1) is 9.56. The van der Waals surface area contributed by atoms with Crippen molar-refractivity contribution < 1.29 is 14.5 Å². The summed E-state index contributed by atoms with van der Waals surface area (Å²) in [5, 5.41) is 16.4. The lowest BCUT2D eigenvalue weighted by molar-refractivity contribution is -0.383. The molecule has 8 nitrogen and oxygen atoms in total. The van der Waals surface area contributed by atoms with Gasteiger partial charge in [-0.2, -0.15) is 0 Å². The number of amides is 1. The highest BCUT2D eigenvalue weighted by atomic mass is 35.5. The Labute approximate surface area is 128 Å². The van der Waals surface area contributed by atoms with Crippen LogP contribution in [-0.4, -0.2) is 44.2 Å². The second kappa shape index (κ2) is 9.92. The quantitative estimate of drug-likeness (QED) is 0.279. The summed E-state index contributed by atoms with van der Waals surface area (Å²) in [6.07, 6.45) is 0. The Hall–Kier alpha value is -1.90. The van der Waals surface area contributed by atoms with Crippen molar-refractivity contribution in [2.45, 2.75) is 0 Å². The predicted molar refractivity (Wildman–Crippen MR) is 81.8 cm³/mol. The van der Waals surface area contributed by atoms with E-state index in [4.69, 9.17) is 10.5 Å². The first-order valence-electron chi connectivity index (χ1n) is 6.08. The molecule has 0 unspecified atom stereocenters. The average molecular weight is 319 g/mol. The van der Waals surface area contributed by atoms with Gasteiger partial charge in [0.05, 0.1) is 11.5 Å². The minimum Gasteiger partial charge on any atom is -0.393 e. The number of nitrogens with zero attached hydrogens (tertiary/aromatic N) is 1. The van der Waals surface area contributed by atoms with Crippen molar-refractivity contribution in [2.24, 2.45) is 0 Å². The lowest BCUT2D eigenvalue weighted by Gasteiger charge is -2.07. The van der Waals surface area contributed by atoms with Crippen LogP contribution in [0.15, 0.2) is 18.2 Å². The van der Waals surface area contributed by atoms with Crippen molar-refractivity contribution in [3.63, 3.8) is 0 Å². The highest BCUT2D eigenvalue weighted by molar-refractivity contribution is 5.95. The maximum absolute atomic E-state index is 11.8. The van der Waals surface area contributed by atoms with E-state index in [2.05, 4.69) is 10.6 Å². The normalized spacial score (nSPS) is 9.76. The van der Waals surface area contributed by atoms with E-state index in [1.54, 1.807) is 7.11 Å². The molecule has 0 atom stereocenters. The van der Waals surface area contributed by atoms with Crippen LogP contribution in [0.5, 0.6) is 0 Å². The van der Waals surface area contributed by atoms with E-state index in [0.29, 0.717) is 26.2 Å². The lowest BCUT2D eigenvalue weighted by atomic mass is 10.1. The van der Waals surface area contributed by atoms with E-state index < -0.39 is 4.92 Å². The predicted octanol–water partition coefficient (Wildman–Crippen LogP) is 0.565. The third-order valence-electron chi connectivity index (χ3n) is 2.56. The molecule has 0 radical (unpaired) electrons. The summed E-state index contributed by atoms with van der Waals surface area (Å²) >= 11 is 0. The van der Waals surface area contributed by atoms with Crippen LogP contribution < -0.4 is 16.4 Å². The molecule has 118 valence electrons. The van der Waals surface area contributed by atoms with Gasteiger partial charge in [0.1, 0.15) is 5.69 Å². The van der Waals surface area contributed by atoms with Gasteiger partial charge in [-0.1, -0.05) is 0 Å². The first-order valence-corrected chi connectivity index (χ1v) is 6.08. The molecule has 0 saturated heterocycles. The van der Waals surface area contributed by atoms with Crippen molar-refractivity contribution >= 4 is 29.7 Å². The third-order valence-corrected chi connectivity index (χ3v) is 2.56. The number of nitro benzene ring substituents is 1. The molecule has 4 N–H and O–H groups in total. The third kappa shape index (κ3) is 6.39. The van der Waals surface area contributed by atoms with Gasteiger partial charge in [0.25, 0.3) is 11.6 Å². The lowest BCUT2D eigenvalue weighted by Crippen LogP contribution is -2.33. The average Bonchev–Trinajstić information content (AvgIpc) is 2.42. The van der Waals surface area contributed by atoms with Gasteiger partial charge in [-0.25, -0.2) is 0 Å². The van der Waals surface area contributed by atoms with E-state index in [0.717, 1.165) is 0 Å². The molecule has 21 heavy (non-hydrogen) atoms. The summed E-state index contributed by atoms with van der Waals surface area (Å²) in [6.45, 7) is 2.30. The fourth-order valence-corrected chi connectivity index (χ4v) is 1.51. The Bertz CT molecular complexity index is 484. The van der Waals surface area contributed by atoms with Crippen LogP contribution in [-0.2, 0) is 4.74 Å². The number of carbonyl (C=O) groups excluding carboxylic acids is 1. The minimum atomic E-state index is -0.613. The second-order valence-corrected chi connectivity index (χ2v) is 4.03. The molecule has 0 aliphatic rings. The number of methoxy groups -OCH3 is 1. The molecule has 0 bridgehead atoms. The van der Waals surface area contributed by atoms with Crippen LogP contribution in [0.2, 0.25) is 0 Å². The summed E-state index contributed by atoms with van der Waals surface area (Å²) < 4.78 is 4.86. The Balaban J connectivity index is 0.00000400.